The second-order valence-corrected chi connectivity index (χ2v) is 6.24. The summed E-state index contributed by atoms with van der Waals surface area (Å²) in [7, 11) is 0. The molecule has 1 fully saturated rings. The first kappa shape index (κ1) is 15.1. The Morgan fingerprint density at radius 2 is 2.32 bits per heavy atom. The lowest BCUT2D eigenvalue weighted by Crippen LogP contribution is -2.43. The van der Waals surface area contributed by atoms with Gasteiger partial charge in [-0.15, -0.1) is 11.8 Å². The maximum Gasteiger partial charge on any atom is 0.248 e. The smallest absolute Gasteiger partial charge is 0.248 e. The van der Waals surface area contributed by atoms with E-state index in [0.29, 0.717) is 18.1 Å². The molecule has 6 nitrogen and oxygen atoms in total. The summed E-state index contributed by atoms with van der Waals surface area (Å²) >= 11 is 1.72. The van der Waals surface area contributed by atoms with Gasteiger partial charge in [-0.25, -0.2) is 0 Å². The zero-order valence-electron chi connectivity index (χ0n) is 12.3. The molecular formula is C15H18N4O2S. The van der Waals surface area contributed by atoms with Crippen LogP contribution in [0.25, 0.3) is 0 Å². The van der Waals surface area contributed by atoms with Crippen molar-refractivity contribution in [2.45, 2.75) is 25.4 Å². The lowest BCUT2D eigenvalue weighted by Gasteiger charge is -2.13. The fraction of sp³-hybridized carbons (Fsp3) is 0.400. The zero-order chi connectivity index (χ0) is 15.4. The van der Waals surface area contributed by atoms with Crippen LogP contribution in [0.3, 0.4) is 0 Å². The van der Waals surface area contributed by atoms with E-state index >= 15 is 0 Å². The Kier molecular flexibility index (Phi) is 4.74. The van der Waals surface area contributed by atoms with Gasteiger partial charge in [0.2, 0.25) is 11.8 Å². The van der Waals surface area contributed by atoms with Gasteiger partial charge in [0.1, 0.15) is 6.04 Å². The van der Waals surface area contributed by atoms with Gasteiger partial charge in [-0.2, -0.15) is 4.98 Å². The monoisotopic (exact) mass is 318 g/mol. The summed E-state index contributed by atoms with van der Waals surface area (Å²) in [4.78, 5) is 16.4. The van der Waals surface area contributed by atoms with E-state index in [4.69, 9.17) is 4.52 Å². The molecule has 22 heavy (non-hydrogen) atoms. The van der Waals surface area contributed by atoms with Crippen LogP contribution in [0.5, 0.6) is 0 Å². The SMILES string of the molecule is CC(NC(=O)C1CSCN1)c1nc(Cc2ccccc2)no1. The highest BCUT2D eigenvalue weighted by atomic mass is 32.2. The third-order valence-corrected chi connectivity index (χ3v) is 4.39. The lowest BCUT2D eigenvalue weighted by atomic mass is 10.1. The van der Waals surface area contributed by atoms with E-state index in [0.717, 1.165) is 17.2 Å². The predicted octanol–water partition coefficient (Wildman–Crippen LogP) is 1.50. The molecule has 2 N–H and O–H groups in total. The number of aromatic nitrogens is 2. The van der Waals surface area contributed by atoms with E-state index in [9.17, 15) is 4.79 Å². The number of rotatable bonds is 5. The van der Waals surface area contributed by atoms with Gasteiger partial charge < -0.3 is 9.84 Å². The molecule has 0 spiro atoms. The number of nitrogens with zero attached hydrogens (tertiary/aromatic N) is 2. The second kappa shape index (κ2) is 6.93. The molecule has 7 heteroatoms. The summed E-state index contributed by atoms with van der Waals surface area (Å²) in [6.45, 7) is 1.85. The molecule has 2 atom stereocenters. The molecule has 2 aromatic rings. The van der Waals surface area contributed by atoms with Crippen molar-refractivity contribution < 1.29 is 9.32 Å². The predicted molar refractivity (Wildman–Crippen MR) is 84.4 cm³/mol. The lowest BCUT2D eigenvalue weighted by molar-refractivity contribution is -0.123. The van der Waals surface area contributed by atoms with E-state index in [1.165, 1.54) is 0 Å². The molecule has 2 unspecified atom stereocenters. The van der Waals surface area contributed by atoms with Crippen molar-refractivity contribution in [2.75, 3.05) is 11.6 Å². The van der Waals surface area contributed by atoms with Crippen LogP contribution in [0, 0.1) is 0 Å². The number of carbonyl (C=O) groups excluding carboxylic acids is 1. The minimum Gasteiger partial charge on any atom is -0.343 e. The van der Waals surface area contributed by atoms with Crippen LogP contribution >= 0.6 is 11.8 Å². The highest BCUT2D eigenvalue weighted by Crippen LogP contribution is 2.14. The zero-order valence-corrected chi connectivity index (χ0v) is 13.1. The van der Waals surface area contributed by atoms with Gasteiger partial charge in [0.05, 0.1) is 6.04 Å². The van der Waals surface area contributed by atoms with E-state index < -0.39 is 0 Å². The van der Waals surface area contributed by atoms with Gasteiger partial charge in [0, 0.05) is 18.1 Å². The number of nitrogens with one attached hydrogen (secondary N) is 2. The Balaban J connectivity index is 1.59. The molecule has 1 aromatic heterocycles. The maximum atomic E-state index is 12.1. The summed E-state index contributed by atoms with van der Waals surface area (Å²) in [6.07, 6.45) is 0.617. The van der Waals surface area contributed by atoms with E-state index in [2.05, 4.69) is 20.8 Å². The van der Waals surface area contributed by atoms with Gasteiger partial charge in [-0.05, 0) is 12.5 Å². The van der Waals surface area contributed by atoms with Crippen molar-refractivity contribution in [1.82, 2.24) is 20.8 Å². The Bertz CT molecular complexity index is 625. The van der Waals surface area contributed by atoms with Crippen molar-refractivity contribution in [3.63, 3.8) is 0 Å². The van der Waals surface area contributed by atoms with Gasteiger partial charge in [0.25, 0.3) is 0 Å². The first-order chi connectivity index (χ1) is 10.7. The summed E-state index contributed by atoms with van der Waals surface area (Å²) in [6, 6.07) is 9.53. The number of hydrogen-bond donors (Lipinski definition) is 2. The van der Waals surface area contributed by atoms with Crippen LogP contribution in [0.4, 0.5) is 0 Å². The Morgan fingerprint density at radius 1 is 1.50 bits per heavy atom. The summed E-state index contributed by atoms with van der Waals surface area (Å²) < 4.78 is 5.26. The molecule has 1 aliphatic heterocycles. The number of hydrogen-bond acceptors (Lipinski definition) is 6. The van der Waals surface area contributed by atoms with Crippen molar-refractivity contribution in [3.05, 3.63) is 47.6 Å². The van der Waals surface area contributed by atoms with Crippen molar-refractivity contribution >= 4 is 17.7 Å². The number of carbonyl (C=O) groups is 1. The average Bonchev–Trinajstić information content (AvgIpc) is 3.19. The largest absolute Gasteiger partial charge is 0.343 e. The van der Waals surface area contributed by atoms with Crippen molar-refractivity contribution in [2.24, 2.45) is 0 Å². The highest BCUT2D eigenvalue weighted by Gasteiger charge is 2.25. The van der Waals surface area contributed by atoms with Crippen LogP contribution < -0.4 is 10.6 Å². The molecule has 0 radical (unpaired) electrons. The topological polar surface area (TPSA) is 80.0 Å². The van der Waals surface area contributed by atoms with Gasteiger partial charge in [-0.1, -0.05) is 35.5 Å². The molecule has 1 saturated heterocycles. The molecule has 0 bridgehead atoms. The molecule has 2 heterocycles. The third kappa shape index (κ3) is 3.66. The molecular weight excluding hydrogens is 300 g/mol. The van der Waals surface area contributed by atoms with Gasteiger partial charge >= 0.3 is 0 Å². The van der Waals surface area contributed by atoms with Gasteiger partial charge in [-0.3, -0.25) is 10.1 Å². The molecule has 0 saturated carbocycles. The molecule has 1 aliphatic rings. The minimum atomic E-state index is -0.295. The standard InChI is InChI=1S/C15H18N4O2S/c1-10(17-14(20)12-8-22-9-16-12)15-18-13(19-21-15)7-11-5-3-2-4-6-11/h2-6,10,12,16H,7-9H2,1H3,(H,17,20). The summed E-state index contributed by atoms with van der Waals surface area (Å²) in [5.74, 6) is 2.64. The van der Waals surface area contributed by atoms with Gasteiger partial charge in [0.15, 0.2) is 5.82 Å². The Morgan fingerprint density at radius 3 is 3.05 bits per heavy atom. The minimum absolute atomic E-state index is 0.0275. The molecule has 3 rings (SSSR count). The Labute approximate surface area is 133 Å². The number of amides is 1. The van der Waals surface area contributed by atoms with E-state index in [-0.39, 0.29) is 18.0 Å². The second-order valence-electron chi connectivity index (χ2n) is 5.21. The van der Waals surface area contributed by atoms with Crippen molar-refractivity contribution in [1.29, 1.82) is 0 Å². The maximum absolute atomic E-state index is 12.1. The van der Waals surface area contributed by atoms with E-state index in [1.54, 1.807) is 11.8 Å². The number of benzene rings is 1. The fourth-order valence-electron chi connectivity index (χ4n) is 2.23. The average molecular weight is 318 g/mol. The summed E-state index contributed by atoms with van der Waals surface area (Å²) in [5, 5.41) is 10.0. The molecule has 1 aromatic carbocycles. The number of thioether (sulfide) groups is 1. The normalized spacial score (nSPS) is 19.0. The summed E-state index contributed by atoms with van der Waals surface area (Å²) in [5.41, 5.74) is 1.12. The first-order valence-corrected chi connectivity index (χ1v) is 8.36. The first-order valence-electron chi connectivity index (χ1n) is 7.20. The molecule has 116 valence electrons. The van der Waals surface area contributed by atoms with Crippen LogP contribution in [0.1, 0.15) is 30.2 Å². The van der Waals surface area contributed by atoms with Crippen LogP contribution in [-0.4, -0.2) is 33.7 Å². The van der Waals surface area contributed by atoms with Crippen LogP contribution in [0.15, 0.2) is 34.9 Å². The molecule has 0 aliphatic carbocycles. The van der Waals surface area contributed by atoms with E-state index in [1.807, 2.05) is 37.3 Å². The van der Waals surface area contributed by atoms with Crippen LogP contribution in [-0.2, 0) is 11.2 Å². The fourth-order valence-corrected chi connectivity index (χ4v) is 3.17. The quantitative estimate of drug-likeness (QED) is 0.870. The highest BCUT2D eigenvalue weighted by molar-refractivity contribution is 7.99. The van der Waals surface area contributed by atoms with Crippen LogP contribution in [0.2, 0.25) is 0 Å². The third-order valence-electron chi connectivity index (χ3n) is 3.45. The molecule has 1 amide bonds. The van der Waals surface area contributed by atoms with Crippen molar-refractivity contribution in [3.8, 4) is 0 Å². The Hall–Kier alpha value is -1.86.